The van der Waals surface area contributed by atoms with Gasteiger partial charge < -0.3 is 19.5 Å². The van der Waals surface area contributed by atoms with Crippen LogP contribution in [0.2, 0.25) is 0 Å². The normalized spacial score (nSPS) is 27.0. The summed E-state index contributed by atoms with van der Waals surface area (Å²) < 4.78 is 17.0. The summed E-state index contributed by atoms with van der Waals surface area (Å²) in [4.78, 5) is 19.7. The van der Waals surface area contributed by atoms with Crippen molar-refractivity contribution in [1.29, 1.82) is 0 Å². The van der Waals surface area contributed by atoms with Crippen LogP contribution in [0.25, 0.3) is 11.1 Å². The van der Waals surface area contributed by atoms with Gasteiger partial charge in [0, 0.05) is 12.7 Å². The summed E-state index contributed by atoms with van der Waals surface area (Å²) in [6, 6.07) is 8.05. The third-order valence-electron chi connectivity index (χ3n) is 7.58. The van der Waals surface area contributed by atoms with Crippen molar-refractivity contribution in [1.82, 2.24) is 15.2 Å². The van der Waals surface area contributed by atoms with Crippen LogP contribution in [0.5, 0.6) is 11.6 Å². The van der Waals surface area contributed by atoms with Crippen molar-refractivity contribution in [3.63, 3.8) is 0 Å². The molecule has 1 aromatic heterocycles. The Bertz CT molecular complexity index is 1020. The fraction of sp³-hybridized carbons (Fsp3) is 0.538. The SMILES string of the molecule is COc1ccnc(OC)c1-c1ccc2c(c1)CC(C)(C)C2NC(=O)O[C@@H]1CN2CCC1CC2. The van der Waals surface area contributed by atoms with Crippen LogP contribution >= 0.6 is 0 Å². The molecule has 4 heterocycles. The van der Waals surface area contributed by atoms with Gasteiger partial charge in [0.2, 0.25) is 5.88 Å². The van der Waals surface area contributed by atoms with Gasteiger partial charge in [0.15, 0.2) is 0 Å². The van der Waals surface area contributed by atoms with Gasteiger partial charge in [-0.25, -0.2) is 9.78 Å². The molecule has 0 spiro atoms. The van der Waals surface area contributed by atoms with Crippen LogP contribution in [0.1, 0.15) is 43.9 Å². The first-order valence-corrected chi connectivity index (χ1v) is 11.8. The zero-order chi connectivity index (χ0) is 23.2. The standard InChI is InChI=1S/C26H33N3O4/c1-26(2)14-18-13-17(22-20(31-3)7-10-27-24(22)32-4)5-6-19(18)23(26)28-25(30)33-21-15-29-11-8-16(21)9-12-29/h5-7,10,13,16,21,23H,8-9,11-12,14-15H2,1-4H3,(H,28,30)/t21-,23?/m1/s1. The lowest BCUT2D eigenvalue weighted by Gasteiger charge is -2.44. The van der Waals surface area contributed by atoms with Gasteiger partial charge in [-0.05, 0) is 66.4 Å². The summed E-state index contributed by atoms with van der Waals surface area (Å²) >= 11 is 0. The maximum absolute atomic E-state index is 12.9. The zero-order valence-electron chi connectivity index (χ0n) is 19.9. The number of hydrogen-bond donors (Lipinski definition) is 1. The number of amides is 1. The van der Waals surface area contributed by atoms with E-state index >= 15 is 0 Å². The fourth-order valence-corrected chi connectivity index (χ4v) is 5.83. The average Bonchev–Trinajstić information content (AvgIpc) is 3.07. The molecule has 4 aliphatic rings. The average molecular weight is 452 g/mol. The Morgan fingerprint density at radius 1 is 1.15 bits per heavy atom. The predicted molar refractivity (Wildman–Crippen MR) is 126 cm³/mol. The van der Waals surface area contributed by atoms with Gasteiger partial charge in [0.05, 0.1) is 25.8 Å². The molecule has 1 unspecified atom stereocenters. The van der Waals surface area contributed by atoms with Crippen LogP contribution in [-0.4, -0.2) is 55.9 Å². The second kappa shape index (κ2) is 8.52. The maximum atomic E-state index is 12.9. The molecule has 3 fully saturated rings. The van der Waals surface area contributed by atoms with Gasteiger partial charge >= 0.3 is 6.09 Å². The van der Waals surface area contributed by atoms with Crippen LogP contribution in [0.3, 0.4) is 0 Å². The minimum absolute atomic E-state index is 0.00405. The van der Waals surface area contributed by atoms with Crippen LogP contribution in [0.15, 0.2) is 30.5 Å². The summed E-state index contributed by atoms with van der Waals surface area (Å²) in [7, 11) is 3.26. The first kappa shape index (κ1) is 22.0. The molecule has 2 atom stereocenters. The lowest BCUT2D eigenvalue weighted by molar-refractivity contribution is -0.0348. The number of carbonyl (C=O) groups excluding carboxylic acids is 1. The minimum Gasteiger partial charge on any atom is -0.496 e. The number of rotatable bonds is 5. The molecule has 2 aromatic rings. The van der Waals surface area contributed by atoms with Crippen molar-refractivity contribution < 1.29 is 19.0 Å². The molecular formula is C26H33N3O4. The predicted octanol–water partition coefficient (Wildman–Crippen LogP) is 4.21. The Labute approximate surface area is 195 Å². The lowest BCUT2D eigenvalue weighted by Crippen LogP contribution is -2.53. The van der Waals surface area contributed by atoms with Gasteiger partial charge in [-0.1, -0.05) is 32.0 Å². The van der Waals surface area contributed by atoms with E-state index in [2.05, 4.69) is 47.2 Å². The molecule has 7 nitrogen and oxygen atoms in total. The number of fused-ring (bicyclic) bond motifs is 4. The summed E-state index contributed by atoms with van der Waals surface area (Å²) in [6.07, 6.45) is 4.48. The van der Waals surface area contributed by atoms with Crippen molar-refractivity contribution in [3.05, 3.63) is 41.6 Å². The van der Waals surface area contributed by atoms with Crippen molar-refractivity contribution in [2.75, 3.05) is 33.9 Å². The number of alkyl carbamates (subject to hydrolysis) is 1. The molecular weight excluding hydrogens is 418 g/mol. The number of aromatic nitrogens is 1. The molecule has 7 heteroatoms. The van der Waals surface area contributed by atoms with Crippen molar-refractivity contribution in [3.8, 4) is 22.8 Å². The molecule has 33 heavy (non-hydrogen) atoms. The summed E-state index contributed by atoms with van der Waals surface area (Å²) in [6.45, 7) is 7.50. The topological polar surface area (TPSA) is 72.9 Å². The highest BCUT2D eigenvalue weighted by molar-refractivity contribution is 5.76. The van der Waals surface area contributed by atoms with E-state index in [9.17, 15) is 4.79 Å². The number of nitrogens with zero attached hydrogens (tertiary/aromatic N) is 2. The molecule has 1 amide bonds. The lowest BCUT2D eigenvalue weighted by atomic mass is 9.85. The molecule has 3 saturated heterocycles. The van der Waals surface area contributed by atoms with E-state index < -0.39 is 0 Å². The Hall–Kier alpha value is -2.80. The first-order valence-electron chi connectivity index (χ1n) is 11.8. The molecule has 0 radical (unpaired) electrons. The highest BCUT2D eigenvalue weighted by Crippen LogP contribution is 2.47. The van der Waals surface area contributed by atoms with Crippen LogP contribution in [0.4, 0.5) is 4.79 Å². The maximum Gasteiger partial charge on any atom is 0.407 e. The number of benzene rings is 1. The zero-order valence-corrected chi connectivity index (χ0v) is 19.9. The fourth-order valence-electron chi connectivity index (χ4n) is 5.83. The Morgan fingerprint density at radius 2 is 1.94 bits per heavy atom. The molecule has 0 saturated carbocycles. The monoisotopic (exact) mass is 451 g/mol. The number of ether oxygens (including phenoxy) is 3. The van der Waals surface area contributed by atoms with Crippen molar-refractivity contribution in [2.24, 2.45) is 11.3 Å². The number of nitrogens with one attached hydrogen (secondary N) is 1. The van der Waals surface area contributed by atoms with E-state index in [1.807, 2.05) is 6.07 Å². The molecule has 1 N–H and O–H groups in total. The number of piperidine rings is 3. The number of methoxy groups -OCH3 is 2. The molecule has 3 aliphatic heterocycles. The number of pyridine rings is 1. The molecule has 1 aromatic carbocycles. The quantitative estimate of drug-likeness (QED) is 0.734. The second-order valence-electron chi connectivity index (χ2n) is 10.1. The highest BCUT2D eigenvalue weighted by Gasteiger charge is 2.42. The second-order valence-corrected chi connectivity index (χ2v) is 10.1. The summed E-state index contributed by atoms with van der Waals surface area (Å²) in [5, 5.41) is 3.20. The van der Waals surface area contributed by atoms with E-state index in [4.69, 9.17) is 14.2 Å². The van der Waals surface area contributed by atoms with Gasteiger partial charge in [0.25, 0.3) is 0 Å². The third kappa shape index (κ3) is 4.03. The van der Waals surface area contributed by atoms with E-state index in [1.54, 1.807) is 20.4 Å². The van der Waals surface area contributed by atoms with Crippen LogP contribution in [0, 0.1) is 11.3 Å². The molecule has 6 rings (SSSR count). The van der Waals surface area contributed by atoms with Crippen LogP contribution < -0.4 is 14.8 Å². The molecule has 176 valence electrons. The van der Waals surface area contributed by atoms with E-state index in [0.717, 1.165) is 61.3 Å². The Morgan fingerprint density at radius 3 is 2.61 bits per heavy atom. The highest BCUT2D eigenvalue weighted by atomic mass is 16.6. The smallest absolute Gasteiger partial charge is 0.407 e. The van der Waals surface area contributed by atoms with Gasteiger partial charge in [-0.15, -0.1) is 0 Å². The number of hydrogen-bond acceptors (Lipinski definition) is 6. The third-order valence-corrected chi connectivity index (χ3v) is 7.58. The largest absolute Gasteiger partial charge is 0.496 e. The first-order chi connectivity index (χ1) is 15.9. The van der Waals surface area contributed by atoms with Gasteiger partial charge in [-0.2, -0.15) is 0 Å². The summed E-state index contributed by atoms with van der Waals surface area (Å²) in [5.41, 5.74) is 4.04. The van der Waals surface area contributed by atoms with Gasteiger partial charge in [-0.3, -0.25) is 4.90 Å². The molecule has 2 bridgehead atoms. The van der Waals surface area contributed by atoms with Crippen molar-refractivity contribution in [2.45, 2.75) is 45.3 Å². The minimum atomic E-state index is -0.306. The number of carbonyl (C=O) groups is 1. The van der Waals surface area contributed by atoms with Crippen molar-refractivity contribution >= 4 is 6.09 Å². The molecule has 1 aliphatic carbocycles. The van der Waals surface area contributed by atoms with E-state index in [-0.39, 0.29) is 23.7 Å². The summed E-state index contributed by atoms with van der Waals surface area (Å²) in [5.74, 6) is 1.74. The van der Waals surface area contributed by atoms with E-state index in [0.29, 0.717) is 11.8 Å². The Kier molecular flexibility index (Phi) is 5.69. The van der Waals surface area contributed by atoms with E-state index in [1.165, 1.54) is 5.56 Å². The van der Waals surface area contributed by atoms with Crippen LogP contribution in [-0.2, 0) is 11.2 Å². The Balaban J connectivity index is 1.37. The van der Waals surface area contributed by atoms with Gasteiger partial charge in [0.1, 0.15) is 11.9 Å².